The van der Waals surface area contributed by atoms with E-state index in [4.69, 9.17) is 9.47 Å². The molecule has 0 radical (unpaired) electrons. The number of benzene rings is 2. The summed E-state index contributed by atoms with van der Waals surface area (Å²) >= 11 is 0. The van der Waals surface area contributed by atoms with Gasteiger partial charge in [-0.2, -0.15) is 0 Å². The number of nitrogens with zero attached hydrogens (tertiary/aromatic N) is 2. The lowest BCUT2D eigenvalue weighted by Crippen LogP contribution is -2.56. The molecule has 2 unspecified atom stereocenters. The van der Waals surface area contributed by atoms with E-state index in [0.29, 0.717) is 6.04 Å². The summed E-state index contributed by atoms with van der Waals surface area (Å²) in [5.41, 5.74) is 5.41. The van der Waals surface area contributed by atoms with Crippen molar-refractivity contribution in [3.05, 3.63) is 59.2 Å². The fraction of sp³-hybridized carbons (Fsp3) is 0.478. The highest BCUT2D eigenvalue weighted by Gasteiger charge is 2.36. The van der Waals surface area contributed by atoms with Gasteiger partial charge in [0.15, 0.2) is 0 Å². The van der Waals surface area contributed by atoms with E-state index in [1.54, 1.807) is 7.11 Å². The molecule has 4 nitrogen and oxygen atoms in total. The molecule has 0 bridgehead atoms. The molecule has 2 atom stereocenters. The van der Waals surface area contributed by atoms with Crippen LogP contribution in [0.2, 0.25) is 0 Å². The van der Waals surface area contributed by atoms with E-state index in [1.807, 2.05) is 0 Å². The first-order chi connectivity index (χ1) is 13.2. The molecule has 0 saturated carbocycles. The van der Waals surface area contributed by atoms with E-state index in [9.17, 15) is 0 Å². The molecule has 2 aliphatic heterocycles. The zero-order chi connectivity index (χ0) is 18.8. The van der Waals surface area contributed by atoms with Crippen molar-refractivity contribution in [3.8, 4) is 5.75 Å². The number of likely N-dealkylation sites (N-methyl/N-ethyl adjacent to an activating group) is 1. The molecule has 0 aromatic heterocycles. The Bertz CT molecular complexity index is 774. The van der Waals surface area contributed by atoms with Crippen LogP contribution in [0, 0.1) is 6.92 Å². The summed E-state index contributed by atoms with van der Waals surface area (Å²) in [6.07, 6.45) is 1.13. The largest absolute Gasteiger partial charge is 0.497 e. The molecule has 4 heteroatoms. The average molecular weight is 367 g/mol. The van der Waals surface area contributed by atoms with E-state index in [-0.39, 0.29) is 6.10 Å². The minimum atomic E-state index is 0.116. The zero-order valence-electron chi connectivity index (χ0n) is 16.6. The van der Waals surface area contributed by atoms with Crippen LogP contribution in [0.25, 0.3) is 0 Å². The Morgan fingerprint density at radius 1 is 1.11 bits per heavy atom. The van der Waals surface area contributed by atoms with Gasteiger partial charge in [-0.15, -0.1) is 0 Å². The second-order valence-electron chi connectivity index (χ2n) is 7.60. The topological polar surface area (TPSA) is 24.9 Å². The molecule has 2 aliphatic rings. The first-order valence-electron chi connectivity index (χ1n) is 10.0. The summed E-state index contributed by atoms with van der Waals surface area (Å²) in [5.74, 6) is 0.900. The number of hydrogen-bond acceptors (Lipinski definition) is 4. The van der Waals surface area contributed by atoms with Gasteiger partial charge in [0, 0.05) is 25.3 Å². The van der Waals surface area contributed by atoms with Crippen molar-refractivity contribution < 1.29 is 9.47 Å². The van der Waals surface area contributed by atoms with E-state index in [2.05, 4.69) is 66.1 Å². The summed E-state index contributed by atoms with van der Waals surface area (Å²) < 4.78 is 11.7. The van der Waals surface area contributed by atoms with Crippen LogP contribution in [0.3, 0.4) is 0 Å². The lowest BCUT2D eigenvalue weighted by Gasteiger charge is -2.47. The van der Waals surface area contributed by atoms with Crippen LogP contribution in [0.5, 0.6) is 5.75 Å². The van der Waals surface area contributed by atoms with Crippen molar-refractivity contribution in [1.29, 1.82) is 0 Å². The third-order valence-electron chi connectivity index (χ3n) is 5.98. The molecule has 2 heterocycles. The second kappa shape index (κ2) is 7.91. The first kappa shape index (κ1) is 18.3. The summed E-state index contributed by atoms with van der Waals surface area (Å²) in [6.45, 7) is 9.45. The van der Waals surface area contributed by atoms with Gasteiger partial charge < -0.3 is 14.4 Å². The van der Waals surface area contributed by atoms with Crippen molar-refractivity contribution in [2.45, 2.75) is 32.4 Å². The second-order valence-corrected chi connectivity index (χ2v) is 7.60. The number of anilines is 1. The molecule has 0 aliphatic carbocycles. The number of fused-ring (bicyclic) bond motifs is 1. The van der Waals surface area contributed by atoms with E-state index < -0.39 is 0 Å². The van der Waals surface area contributed by atoms with Crippen LogP contribution in [0.15, 0.2) is 42.5 Å². The minimum absolute atomic E-state index is 0.116. The Kier molecular flexibility index (Phi) is 5.37. The third-order valence-corrected chi connectivity index (χ3v) is 5.98. The van der Waals surface area contributed by atoms with Crippen molar-refractivity contribution >= 4 is 5.69 Å². The quantitative estimate of drug-likeness (QED) is 0.821. The maximum Gasteiger partial charge on any atom is 0.119 e. The van der Waals surface area contributed by atoms with Gasteiger partial charge in [0.1, 0.15) is 11.9 Å². The molecule has 27 heavy (non-hydrogen) atoms. The van der Waals surface area contributed by atoms with Crippen LogP contribution in [-0.2, 0) is 11.2 Å². The summed E-state index contributed by atoms with van der Waals surface area (Å²) in [7, 11) is 1.71. The smallest absolute Gasteiger partial charge is 0.119 e. The van der Waals surface area contributed by atoms with E-state index in [0.717, 1.165) is 45.0 Å². The fourth-order valence-corrected chi connectivity index (χ4v) is 4.44. The van der Waals surface area contributed by atoms with Gasteiger partial charge in [-0.25, -0.2) is 0 Å². The predicted molar refractivity (Wildman–Crippen MR) is 110 cm³/mol. The molecule has 0 N–H and O–H groups in total. The number of methoxy groups -OCH3 is 1. The van der Waals surface area contributed by atoms with Gasteiger partial charge in [0.2, 0.25) is 0 Å². The van der Waals surface area contributed by atoms with Gasteiger partial charge in [0.25, 0.3) is 0 Å². The molecule has 0 spiro atoms. The van der Waals surface area contributed by atoms with Crippen molar-refractivity contribution in [3.63, 3.8) is 0 Å². The maximum absolute atomic E-state index is 6.38. The fourth-order valence-electron chi connectivity index (χ4n) is 4.44. The zero-order valence-corrected chi connectivity index (χ0v) is 16.6. The van der Waals surface area contributed by atoms with Crippen molar-refractivity contribution in [2.75, 3.05) is 44.8 Å². The predicted octanol–water partition coefficient (Wildman–Crippen LogP) is 3.83. The third kappa shape index (κ3) is 3.69. The Morgan fingerprint density at radius 2 is 1.93 bits per heavy atom. The number of hydrogen-bond donors (Lipinski definition) is 0. The summed E-state index contributed by atoms with van der Waals surface area (Å²) in [5, 5.41) is 0. The SMILES string of the molecule is CCN1CCN(c2ccc(OC)cc2)C(C2OCCc3cc(C)ccc32)C1. The molecule has 144 valence electrons. The number of piperazine rings is 1. The lowest BCUT2D eigenvalue weighted by molar-refractivity contribution is 0.00758. The molecule has 1 fully saturated rings. The molecule has 2 aromatic rings. The highest BCUT2D eigenvalue weighted by Crippen LogP contribution is 2.36. The standard InChI is InChI=1S/C23H30N2O2/c1-4-24-12-13-25(19-6-8-20(26-3)9-7-19)22(16-24)23-21-10-5-17(2)15-18(21)11-14-27-23/h5-10,15,22-23H,4,11-14,16H2,1-3H3. The molecular formula is C23H30N2O2. The van der Waals surface area contributed by atoms with Gasteiger partial charge in [0.05, 0.1) is 19.8 Å². The maximum atomic E-state index is 6.38. The Hall–Kier alpha value is -2.04. The molecule has 4 rings (SSSR count). The average Bonchev–Trinajstić information content (AvgIpc) is 2.72. The van der Waals surface area contributed by atoms with Crippen molar-refractivity contribution in [1.82, 2.24) is 4.90 Å². The van der Waals surface area contributed by atoms with Crippen LogP contribution >= 0.6 is 0 Å². The lowest BCUT2D eigenvalue weighted by atomic mass is 9.90. The highest BCUT2D eigenvalue weighted by atomic mass is 16.5. The number of aryl methyl sites for hydroxylation is 1. The van der Waals surface area contributed by atoms with Crippen LogP contribution < -0.4 is 9.64 Å². The number of ether oxygens (including phenoxy) is 2. The van der Waals surface area contributed by atoms with Crippen LogP contribution in [0.4, 0.5) is 5.69 Å². The van der Waals surface area contributed by atoms with Gasteiger partial charge in [-0.1, -0.05) is 30.7 Å². The Labute approximate surface area is 162 Å². The number of rotatable bonds is 4. The van der Waals surface area contributed by atoms with Crippen LogP contribution in [0.1, 0.15) is 29.7 Å². The van der Waals surface area contributed by atoms with Crippen LogP contribution in [-0.4, -0.2) is 50.8 Å². The monoisotopic (exact) mass is 366 g/mol. The Balaban J connectivity index is 1.68. The molecule has 0 amide bonds. The van der Waals surface area contributed by atoms with Crippen molar-refractivity contribution in [2.24, 2.45) is 0 Å². The first-order valence-corrected chi connectivity index (χ1v) is 10.0. The van der Waals surface area contributed by atoms with Gasteiger partial charge in [-0.3, -0.25) is 4.90 Å². The summed E-state index contributed by atoms with van der Waals surface area (Å²) in [4.78, 5) is 5.07. The molecule has 1 saturated heterocycles. The normalized spacial score (nSPS) is 23.1. The highest BCUT2D eigenvalue weighted by molar-refractivity contribution is 5.52. The molecule has 2 aromatic carbocycles. The van der Waals surface area contributed by atoms with E-state index in [1.165, 1.54) is 22.4 Å². The Morgan fingerprint density at radius 3 is 2.67 bits per heavy atom. The molecular weight excluding hydrogens is 336 g/mol. The van der Waals surface area contributed by atoms with Gasteiger partial charge >= 0.3 is 0 Å². The minimum Gasteiger partial charge on any atom is -0.497 e. The van der Waals surface area contributed by atoms with E-state index >= 15 is 0 Å². The summed E-state index contributed by atoms with van der Waals surface area (Å²) in [6, 6.07) is 15.6. The van der Waals surface area contributed by atoms with Gasteiger partial charge in [-0.05, 0) is 55.3 Å².